The molecular formula is C28H33N2. The van der Waals surface area contributed by atoms with Crippen molar-refractivity contribution in [1.82, 2.24) is 0 Å². The fourth-order valence-corrected chi connectivity index (χ4v) is 3.82. The van der Waals surface area contributed by atoms with Crippen molar-refractivity contribution in [2.75, 3.05) is 36.0 Å². The van der Waals surface area contributed by atoms with E-state index in [2.05, 4.69) is 122 Å². The van der Waals surface area contributed by atoms with Crippen LogP contribution >= 0.6 is 0 Å². The van der Waals surface area contributed by atoms with Crippen molar-refractivity contribution in [3.05, 3.63) is 83.9 Å². The summed E-state index contributed by atoms with van der Waals surface area (Å²) in [7, 11) is 0. The van der Waals surface area contributed by atoms with Crippen molar-refractivity contribution >= 4 is 23.5 Å². The van der Waals surface area contributed by atoms with Crippen molar-refractivity contribution in [3.63, 3.8) is 0 Å². The van der Waals surface area contributed by atoms with Crippen molar-refractivity contribution < 1.29 is 0 Å². The predicted octanol–water partition coefficient (Wildman–Crippen LogP) is 7.02. The van der Waals surface area contributed by atoms with Crippen LogP contribution in [0.1, 0.15) is 38.8 Å². The fourth-order valence-electron chi connectivity index (χ4n) is 3.82. The maximum atomic E-state index is 3.55. The van der Waals surface area contributed by atoms with Gasteiger partial charge in [0.15, 0.2) is 0 Å². The van der Waals surface area contributed by atoms with E-state index in [0.29, 0.717) is 0 Å². The van der Waals surface area contributed by atoms with Crippen molar-refractivity contribution in [3.8, 4) is 11.1 Å². The molecule has 0 aromatic heterocycles. The quantitative estimate of drug-likeness (QED) is 0.358. The van der Waals surface area contributed by atoms with Crippen LogP contribution in [0.5, 0.6) is 0 Å². The highest BCUT2D eigenvalue weighted by atomic mass is 15.1. The molecule has 3 aromatic rings. The van der Waals surface area contributed by atoms with Crippen LogP contribution in [0.15, 0.2) is 66.7 Å². The first-order valence-corrected chi connectivity index (χ1v) is 11.1. The second-order valence-electron chi connectivity index (χ2n) is 7.33. The SMILES string of the molecule is CCN(CC)c1ccc(C=Cc2cc(-c3ccccc3)c[c]c2N(CC)CC)cc1. The van der Waals surface area contributed by atoms with Crippen LogP contribution in [0.3, 0.4) is 0 Å². The summed E-state index contributed by atoms with van der Waals surface area (Å²) in [5.41, 5.74) is 7.27. The zero-order valence-electron chi connectivity index (χ0n) is 18.7. The maximum absolute atomic E-state index is 3.55. The third-order valence-corrected chi connectivity index (χ3v) is 5.61. The minimum absolute atomic E-state index is 0.969. The standard InChI is InChI=1S/C28H33N2/c1-5-29(6-2)27-19-15-23(16-20-27)14-17-26-22-25(24-12-10-9-11-13-24)18-21-28(26)30(7-3)8-4/h9-20,22H,5-8H2,1-4H3. The Kier molecular flexibility index (Phi) is 7.73. The van der Waals surface area contributed by atoms with Crippen molar-refractivity contribution in [1.29, 1.82) is 0 Å². The number of hydrogen-bond acceptors (Lipinski definition) is 2. The minimum Gasteiger partial charge on any atom is -0.372 e. The van der Waals surface area contributed by atoms with Crippen LogP contribution in [0.2, 0.25) is 0 Å². The zero-order valence-corrected chi connectivity index (χ0v) is 18.7. The Morgan fingerprint density at radius 3 is 1.93 bits per heavy atom. The molecule has 0 unspecified atom stereocenters. The van der Waals surface area contributed by atoms with Crippen LogP contribution in [-0.2, 0) is 0 Å². The fraction of sp³-hybridized carbons (Fsp3) is 0.286. The van der Waals surface area contributed by atoms with Crippen molar-refractivity contribution in [2.45, 2.75) is 27.7 Å². The Labute approximate surface area is 182 Å². The second-order valence-corrected chi connectivity index (χ2v) is 7.33. The van der Waals surface area contributed by atoms with Gasteiger partial charge in [-0.1, -0.05) is 54.6 Å². The van der Waals surface area contributed by atoms with Crippen LogP contribution in [-0.4, -0.2) is 26.2 Å². The summed E-state index contributed by atoms with van der Waals surface area (Å²) >= 11 is 0. The molecule has 0 saturated heterocycles. The summed E-state index contributed by atoms with van der Waals surface area (Å²) in [5, 5.41) is 0. The lowest BCUT2D eigenvalue weighted by Crippen LogP contribution is -2.22. The van der Waals surface area contributed by atoms with Crippen LogP contribution < -0.4 is 9.80 Å². The van der Waals surface area contributed by atoms with E-state index in [4.69, 9.17) is 0 Å². The van der Waals surface area contributed by atoms with Gasteiger partial charge in [0.2, 0.25) is 0 Å². The molecular weight excluding hydrogens is 364 g/mol. The Balaban J connectivity index is 1.94. The van der Waals surface area contributed by atoms with E-state index in [9.17, 15) is 0 Å². The van der Waals surface area contributed by atoms with E-state index in [1.165, 1.54) is 27.9 Å². The second kappa shape index (κ2) is 10.7. The zero-order chi connectivity index (χ0) is 21.3. The molecule has 2 nitrogen and oxygen atoms in total. The molecule has 1 radical (unpaired) electrons. The average molecular weight is 398 g/mol. The van der Waals surface area contributed by atoms with Crippen LogP contribution in [0.4, 0.5) is 11.4 Å². The molecule has 3 rings (SSSR count). The van der Waals surface area contributed by atoms with Gasteiger partial charge in [-0.2, -0.15) is 0 Å². The molecule has 0 heterocycles. The highest BCUT2D eigenvalue weighted by molar-refractivity contribution is 5.81. The Hall–Kier alpha value is -3.00. The summed E-state index contributed by atoms with van der Waals surface area (Å²) in [6.45, 7) is 12.8. The van der Waals surface area contributed by atoms with Crippen LogP contribution in [0, 0.1) is 6.07 Å². The Bertz CT molecular complexity index is 934. The topological polar surface area (TPSA) is 6.48 Å². The van der Waals surface area contributed by atoms with Crippen molar-refractivity contribution in [2.24, 2.45) is 0 Å². The van der Waals surface area contributed by atoms with E-state index < -0.39 is 0 Å². The largest absolute Gasteiger partial charge is 0.372 e. The lowest BCUT2D eigenvalue weighted by Gasteiger charge is -2.23. The molecule has 0 fully saturated rings. The number of nitrogens with zero attached hydrogens (tertiary/aromatic N) is 2. The lowest BCUT2D eigenvalue weighted by atomic mass is 10.0. The summed E-state index contributed by atoms with van der Waals surface area (Å²) in [6, 6.07) is 27.3. The van der Waals surface area contributed by atoms with Gasteiger partial charge in [-0.3, -0.25) is 0 Å². The smallest absolute Gasteiger partial charge is 0.0520 e. The summed E-state index contributed by atoms with van der Waals surface area (Å²) < 4.78 is 0. The normalized spacial score (nSPS) is 11.1. The number of benzene rings is 3. The van der Waals surface area contributed by atoms with Gasteiger partial charge in [0.1, 0.15) is 0 Å². The molecule has 0 amide bonds. The van der Waals surface area contributed by atoms with Gasteiger partial charge in [-0.25, -0.2) is 0 Å². The van der Waals surface area contributed by atoms with Gasteiger partial charge in [-0.15, -0.1) is 0 Å². The molecule has 155 valence electrons. The van der Waals surface area contributed by atoms with E-state index in [1.54, 1.807) is 0 Å². The Morgan fingerprint density at radius 2 is 1.33 bits per heavy atom. The van der Waals surface area contributed by atoms with E-state index >= 15 is 0 Å². The first-order valence-electron chi connectivity index (χ1n) is 11.1. The highest BCUT2D eigenvalue weighted by Gasteiger charge is 2.09. The van der Waals surface area contributed by atoms with Gasteiger partial charge in [0, 0.05) is 37.9 Å². The minimum atomic E-state index is 0.969. The molecule has 0 aliphatic rings. The summed E-state index contributed by atoms with van der Waals surface area (Å²) in [4.78, 5) is 4.72. The number of hydrogen-bond donors (Lipinski definition) is 0. The Morgan fingerprint density at radius 1 is 0.700 bits per heavy atom. The molecule has 3 aromatic carbocycles. The molecule has 30 heavy (non-hydrogen) atoms. The van der Waals surface area contributed by atoms with Gasteiger partial charge < -0.3 is 9.80 Å². The van der Waals surface area contributed by atoms with Gasteiger partial charge in [0.25, 0.3) is 0 Å². The molecule has 0 bridgehead atoms. The molecule has 0 saturated carbocycles. The lowest BCUT2D eigenvalue weighted by molar-refractivity contribution is 0.864. The maximum Gasteiger partial charge on any atom is 0.0520 e. The predicted molar refractivity (Wildman–Crippen MR) is 133 cm³/mol. The van der Waals surface area contributed by atoms with Crippen LogP contribution in [0.25, 0.3) is 23.3 Å². The molecule has 0 atom stereocenters. The van der Waals surface area contributed by atoms with E-state index in [-0.39, 0.29) is 0 Å². The third-order valence-electron chi connectivity index (χ3n) is 5.61. The molecule has 2 heteroatoms. The molecule has 0 aliphatic heterocycles. The highest BCUT2D eigenvalue weighted by Crippen LogP contribution is 2.29. The number of rotatable bonds is 9. The summed E-state index contributed by atoms with van der Waals surface area (Å²) in [6.07, 6.45) is 4.43. The average Bonchev–Trinajstić information content (AvgIpc) is 2.81. The molecule has 0 aliphatic carbocycles. The van der Waals surface area contributed by atoms with E-state index in [0.717, 1.165) is 31.9 Å². The van der Waals surface area contributed by atoms with Gasteiger partial charge in [0.05, 0.1) is 5.69 Å². The molecule has 0 N–H and O–H groups in total. The summed E-state index contributed by atoms with van der Waals surface area (Å²) in [5.74, 6) is 0. The third kappa shape index (κ3) is 5.13. The first-order chi connectivity index (χ1) is 14.7. The number of anilines is 2. The van der Waals surface area contributed by atoms with Gasteiger partial charge in [-0.05, 0) is 74.2 Å². The van der Waals surface area contributed by atoms with Gasteiger partial charge >= 0.3 is 0 Å². The monoisotopic (exact) mass is 397 g/mol. The first kappa shape index (κ1) is 21.7. The molecule has 0 spiro atoms. The van der Waals surface area contributed by atoms with E-state index in [1.807, 2.05) is 0 Å².